The van der Waals surface area contributed by atoms with Crippen molar-refractivity contribution in [1.29, 1.82) is 0 Å². The van der Waals surface area contributed by atoms with Crippen LogP contribution in [0.25, 0.3) is 0 Å². The molecule has 1 unspecified atom stereocenters. The van der Waals surface area contributed by atoms with Crippen LogP contribution in [0.2, 0.25) is 0 Å². The molecule has 0 aromatic heterocycles. The number of carbonyl (C=O) groups excluding carboxylic acids is 2. The minimum absolute atomic E-state index is 0.220. The summed E-state index contributed by atoms with van der Waals surface area (Å²) in [6.45, 7) is 5.22. The summed E-state index contributed by atoms with van der Waals surface area (Å²) in [5.41, 5.74) is 0.277. The van der Waals surface area contributed by atoms with Gasteiger partial charge in [0, 0.05) is 0 Å². The van der Waals surface area contributed by atoms with Crippen LogP contribution in [-0.2, 0) is 25.7 Å². The van der Waals surface area contributed by atoms with Gasteiger partial charge >= 0.3 is 5.97 Å². The van der Waals surface area contributed by atoms with E-state index in [1.807, 2.05) is 30.3 Å². The van der Waals surface area contributed by atoms with Crippen molar-refractivity contribution in [3.63, 3.8) is 0 Å². The fraction of sp³-hybridized carbons (Fsp3) is 0.467. The highest BCUT2D eigenvalue weighted by Gasteiger charge is 2.29. The van der Waals surface area contributed by atoms with Crippen LogP contribution < -0.4 is 0 Å². The van der Waals surface area contributed by atoms with Crippen molar-refractivity contribution in [2.24, 2.45) is 0 Å². The molecule has 1 aromatic carbocycles. The molecule has 0 spiro atoms. The van der Waals surface area contributed by atoms with Crippen LogP contribution in [-0.4, -0.2) is 29.3 Å². The third kappa shape index (κ3) is 6.17. The lowest BCUT2D eigenvalue weighted by Gasteiger charge is -2.21. The van der Waals surface area contributed by atoms with Gasteiger partial charge in [0.25, 0.3) is 0 Å². The van der Waals surface area contributed by atoms with E-state index in [1.54, 1.807) is 20.8 Å². The summed E-state index contributed by atoms with van der Waals surface area (Å²) >= 11 is 5.77. The maximum atomic E-state index is 11.7. The van der Waals surface area contributed by atoms with Gasteiger partial charge in [0.15, 0.2) is 11.2 Å². The number of Topliss-reactive ketones (excluding diaryl/α,β-unsaturated/α-hetero) is 1. The molecule has 0 radical (unpaired) electrons. The second-order valence-electron chi connectivity index (χ2n) is 5.34. The normalized spacial score (nSPS) is 12.8. The molecule has 0 aliphatic rings. The van der Waals surface area contributed by atoms with E-state index in [1.165, 1.54) is 0 Å². The van der Waals surface area contributed by atoms with Crippen LogP contribution in [0.15, 0.2) is 30.3 Å². The van der Waals surface area contributed by atoms with E-state index < -0.39 is 22.7 Å². The molecule has 0 amide bonds. The number of rotatable bonds is 6. The van der Waals surface area contributed by atoms with Crippen LogP contribution in [0.3, 0.4) is 0 Å². The number of alkyl halides is 1. The van der Waals surface area contributed by atoms with Crippen molar-refractivity contribution in [2.45, 2.75) is 38.4 Å². The summed E-state index contributed by atoms with van der Waals surface area (Å²) in [4.78, 5) is 23.3. The smallest absolute Gasteiger partial charge is 0.332 e. The van der Waals surface area contributed by atoms with Gasteiger partial charge in [-0.15, -0.1) is 11.6 Å². The quantitative estimate of drug-likeness (QED) is 0.460. The van der Waals surface area contributed by atoms with Crippen molar-refractivity contribution < 1.29 is 19.1 Å². The Labute approximate surface area is 124 Å². The molecule has 5 heteroatoms. The van der Waals surface area contributed by atoms with E-state index in [4.69, 9.17) is 21.1 Å². The number of hydrogen-bond donors (Lipinski definition) is 0. The van der Waals surface area contributed by atoms with E-state index in [0.717, 1.165) is 5.56 Å². The molecule has 20 heavy (non-hydrogen) atoms. The summed E-state index contributed by atoms with van der Waals surface area (Å²) in [5, 5.41) is -1.33. The zero-order valence-electron chi connectivity index (χ0n) is 11.9. The third-order valence-corrected chi connectivity index (χ3v) is 2.67. The number of ether oxygens (including phenoxy) is 2. The van der Waals surface area contributed by atoms with Gasteiger partial charge in [-0.05, 0) is 26.3 Å². The molecule has 1 atom stereocenters. The first-order chi connectivity index (χ1) is 9.29. The van der Waals surface area contributed by atoms with Crippen LogP contribution in [0.5, 0.6) is 0 Å². The number of benzene rings is 1. The lowest BCUT2D eigenvalue weighted by Crippen LogP contribution is -2.35. The summed E-state index contributed by atoms with van der Waals surface area (Å²) < 4.78 is 10.3. The first kappa shape index (κ1) is 16.7. The van der Waals surface area contributed by atoms with Gasteiger partial charge in [-0.2, -0.15) is 0 Å². The maximum absolute atomic E-state index is 11.7. The molecule has 1 rings (SSSR count). The van der Waals surface area contributed by atoms with Crippen molar-refractivity contribution in [3.8, 4) is 0 Å². The predicted octanol–water partition coefficient (Wildman–Crippen LogP) is 2.72. The molecule has 0 N–H and O–H groups in total. The lowest BCUT2D eigenvalue weighted by molar-refractivity contribution is -0.156. The molecule has 0 saturated heterocycles. The lowest BCUT2D eigenvalue weighted by atomic mass is 10.2. The van der Waals surface area contributed by atoms with Crippen molar-refractivity contribution in [3.05, 3.63) is 35.9 Å². The number of ketones is 1. The third-order valence-electron chi connectivity index (χ3n) is 2.25. The minimum atomic E-state index is -1.33. The molecule has 0 aliphatic carbocycles. The van der Waals surface area contributed by atoms with Crippen molar-refractivity contribution in [1.82, 2.24) is 0 Å². The fourth-order valence-electron chi connectivity index (χ4n) is 1.40. The topological polar surface area (TPSA) is 52.6 Å². The highest BCUT2D eigenvalue weighted by atomic mass is 35.5. The van der Waals surface area contributed by atoms with Crippen LogP contribution in [0.4, 0.5) is 0 Å². The molecule has 110 valence electrons. The number of esters is 1. The Morgan fingerprint density at radius 3 is 2.35 bits per heavy atom. The Balaban J connectivity index is 2.37. The standard InChI is InChI=1S/C15H19ClO4/c1-15(2,3)20-14(18)13(16)12(17)10-19-9-11-7-5-4-6-8-11/h4-8,13H,9-10H2,1-3H3. The van der Waals surface area contributed by atoms with Crippen LogP contribution in [0.1, 0.15) is 26.3 Å². The summed E-state index contributed by atoms with van der Waals surface area (Å²) in [7, 11) is 0. The number of carbonyl (C=O) groups is 2. The molecule has 0 saturated carbocycles. The Hall–Kier alpha value is -1.39. The highest BCUT2D eigenvalue weighted by Crippen LogP contribution is 2.12. The van der Waals surface area contributed by atoms with Crippen molar-refractivity contribution in [2.75, 3.05) is 6.61 Å². The Morgan fingerprint density at radius 1 is 1.20 bits per heavy atom. The van der Waals surface area contributed by atoms with Gasteiger partial charge < -0.3 is 9.47 Å². The largest absolute Gasteiger partial charge is 0.459 e. The molecule has 4 nitrogen and oxygen atoms in total. The van der Waals surface area contributed by atoms with Gasteiger partial charge in [0.1, 0.15) is 12.2 Å². The van der Waals surface area contributed by atoms with Gasteiger partial charge in [-0.25, -0.2) is 4.79 Å². The van der Waals surface area contributed by atoms with Crippen molar-refractivity contribution >= 4 is 23.4 Å². The maximum Gasteiger partial charge on any atom is 0.332 e. The Bertz CT molecular complexity index is 451. The molecule has 0 fully saturated rings. The number of halogens is 1. The molecule has 1 aromatic rings. The zero-order chi connectivity index (χ0) is 15.2. The second-order valence-corrected chi connectivity index (χ2v) is 5.78. The molecule has 0 heterocycles. The van der Waals surface area contributed by atoms with Crippen LogP contribution in [0, 0.1) is 0 Å². The minimum Gasteiger partial charge on any atom is -0.459 e. The zero-order valence-corrected chi connectivity index (χ0v) is 12.6. The molecule has 0 bridgehead atoms. The summed E-state index contributed by atoms with van der Waals surface area (Å²) in [6.07, 6.45) is 0. The van der Waals surface area contributed by atoms with E-state index in [2.05, 4.69) is 0 Å². The molecular weight excluding hydrogens is 280 g/mol. The highest BCUT2D eigenvalue weighted by molar-refractivity contribution is 6.41. The average molecular weight is 299 g/mol. The summed E-state index contributed by atoms with van der Waals surface area (Å²) in [5.74, 6) is -1.25. The van der Waals surface area contributed by atoms with E-state index in [-0.39, 0.29) is 6.61 Å². The predicted molar refractivity (Wildman–Crippen MR) is 76.6 cm³/mol. The molecular formula is C15H19ClO4. The van der Waals surface area contributed by atoms with Gasteiger partial charge in [-0.1, -0.05) is 30.3 Å². The summed E-state index contributed by atoms with van der Waals surface area (Å²) in [6, 6.07) is 9.43. The van der Waals surface area contributed by atoms with E-state index in [0.29, 0.717) is 6.61 Å². The van der Waals surface area contributed by atoms with Gasteiger partial charge in [0.2, 0.25) is 0 Å². The average Bonchev–Trinajstić information content (AvgIpc) is 2.37. The monoisotopic (exact) mass is 298 g/mol. The number of hydrogen-bond acceptors (Lipinski definition) is 4. The van der Waals surface area contributed by atoms with Crippen LogP contribution >= 0.6 is 11.6 Å². The first-order valence-electron chi connectivity index (χ1n) is 6.31. The SMILES string of the molecule is CC(C)(C)OC(=O)C(Cl)C(=O)COCc1ccccc1. The van der Waals surface area contributed by atoms with Gasteiger partial charge in [0.05, 0.1) is 6.61 Å². The van der Waals surface area contributed by atoms with E-state index in [9.17, 15) is 9.59 Å². The fourth-order valence-corrected chi connectivity index (χ4v) is 1.51. The molecule has 0 aliphatic heterocycles. The van der Waals surface area contributed by atoms with E-state index >= 15 is 0 Å². The second kappa shape index (κ2) is 7.41. The Kier molecular flexibility index (Phi) is 6.17. The Morgan fingerprint density at radius 2 is 1.80 bits per heavy atom. The van der Waals surface area contributed by atoms with Gasteiger partial charge in [-0.3, -0.25) is 4.79 Å². The first-order valence-corrected chi connectivity index (χ1v) is 6.74.